The Kier molecular flexibility index (Phi) is 3.29. The van der Waals surface area contributed by atoms with E-state index in [1.807, 2.05) is 0 Å². The van der Waals surface area contributed by atoms with Crippen LogP contribution in [0.15, 0.2) is 30.3 Å². The lowest BCUT2D eigenvalue weighted by molar-refractivity contribution is 0.0848. The Morgan fingerprint density at radius 1 is 1.14 bits per heavy atom. The molecule has 114 valence electrons. The first-order valence-corrected chi connectivity index (χ1v) is 6.62. The number of aromatic hydroxyl groups is 3. The topological polar surface area (TPSA) is 96.2 Å². The van der Waals surface area contributed by atoms with Crippen LogP contribution in [0.5, 0.6) is 28.7 Å². The lowest BCUT2D eigenvalue weighted by atomic mass is 9.96. The fraction of sp³-hybridized carbons (Fsp3) is 0.188. The average molecular weight is 302 g/mol. The van der Waals surface area contributed by atoms with Gasteiger partial charge in [0.2, 0.25) is 0 Å². The van der Waals surface area contributed by atoms with Gasteiger partial charge in [-0.2, -0.15) is 0 Å². The summed E-state index contributed by atoms with van der Waals surface area (Å²) < 4.78 is 10.9. The van der Waals surface area contributed by atoms with Gasteiger partial charge in [0.1, 0.15) is 17.6 Å². The number of fused-ring (bicyclic) bond motifs is 1. The van der Waals surface area contributed by atoms with Gasteiger partial charge >= 0.3 is 0 Å². The highest BCUT2D eigenvalue weighted by atomic mass is 16.5. The molecule has 2 aromatic rings. The van der Waals surface area contributed by atoms with Gasteiger partial charge in [-0.3, -0.25) is 4.79 Å². The number of carbonyl (C=O) groups is 1. The Bertz CT molecular complexity index is 729. The quantitative estimate of drug-likeness (QED) is 0.738. The summed E-state index contributed by atoms with van der Waals surface area (Å²) in [6.07, 6.45) is -0.590. The third-order valence-electron chi connectivity index (χ3n) is 3.59. The van der Waals surface area contributed by atoms with Crippen molar-refractivity contribution >= 4 is 5.78 Å². The fourth-order valence-corrected chi connectivity index (χ4v) is 2.43. The second-order valence-electron chi connectivity index (χ2n) is 5.00. The molecule has 6 heteroatoms. The molecule has 0 amide bonds. The Morgan fingerprint density at radius 3 is 2.45 bits per heavy atom. The van der Waals surface area contributed by atoms with Gasteiger partial charge in [0.15, 0.2) is 23.0 Å². The average Bonchev–Trinajstić information content (AvgIpc) is 2.51. The number of phenols is 3. The van der Waals surface area contributed by atoms with Crippen molar-refractivity contribution < 1.29 is 29.6 Å². The lowest BCUT2D eigenvalue weighted by Gasteiger charge is -2.26. The minimum absolute atomic E-state index is 0.0724. The third-order valence-corrected chi connectivity index (χ3v) is 3.59. The molecule has 22 heavy (non-hydrogen) atoms. The van der Waals surface area contributed by atoms with E-state index in [9.17, 15) is 20.1 Å². The van der Waals surface area contributed by atoms with Crippen LogP contribution in [0.1, 0.15) is 28.4 Å². The number of carbonyl (C=O) groups excluding carboxylic acids is 1. The predicted molar refractivity (Wildman–Crippen MR) is 76.7 cm³/mol. The van der Waals surface area contributed by atoms with Crippen molar-refractivity contribution in [1.82, 2.24) is 0 Å². The highest BCUT2D eigenvalue weighted by molar-refractivity contribution is 6.00. The first kappa shape index (κ1) is 14.1. The van der Waals surface area contributed by atoms with Crippen LogP contribution in [0, 0.1) is 0 Å². The van der Waals surface area contributed by atoms with E-state index in [1.54, 1.807) is 18.2 Å². The fourth-order valence-electron chi connectivity index (χ4n) is 2.43. The molecule has 0 saturated carbocycles. The van der Waals surface area contributed by atoms with E-state index in [0.717, 1.165) is 0 Å². The van der Waals surface area contributed by atoms with Crippen LogP contribution in [0.2, 0.25) is 0 Å². The van der Waals surface area contributed by atoms with E-state index in [4.69, 9.17) is 9.47 Å². The Morgan fingerprint density at radius 2 is 1.82 bits per heavy atom. The van der Waals surface area contributed by atoms with Gasteiger partial charge in [-0.05, 0) is 24.3 Å². The largest absolute Gasteiger partial charge is 0.504 e. The number of hydrogen-bond acceptors (Lipinski definition) is 6. The molecule has 0 bridgehead atoms. The second-order valence-corrected chi connectivity index (χ2v) is 5.00. The van der Waals surface area contributed by atoms with Crippen LogP contribution < -0.4 is 9.47 Å². The summed E-state index contributed by atoms with van der Waals surface area (Å²) in [5, 5.41) is 28.6. The molecule has 0 radical (unpaired) electrons. The highest BCUT2D eigenvalue weighted by Gasteiger charge is 2.29. The molecular weight excluding hydrogens is 288 g/mol. The highest BCUT2D eigenvalue weighted by Crippen LogP contribution is 2.42. The monoisotopic (exact) mass is 302 g/mol. The number of ketones is 1. The normalized spacial score (nSPS) is 16.8. The van der Waals surface area contributed by atoms with E-state index in [1.165, 1.54) is 19.2 Å². The van der Waals surface area contributed by atoms with Gasteiger partial charge in [-0.15, -0.1) is 0 Å². The molecule has 0 fully saturated rings. The molecule has 1 atom stereocenters. The van der Waals surface area contributed by atoms with Gasteiger partial charge in [0.05, 0.1) is 19.1 Å². The first-order valence-electron chi connectivity index (χ1n) is 6.62. The molecule has 3 N–H and O–H groups in total. The summed E-state index contributed by atoms with van der Waals surface area (Å²) in [5.74, 6) is -0.713. The van der Waals surface area contributed by atoms with Gasteiger partial charge in [-0.25, -0.2) is 0 Å². The molecule has 1 aliphatic rings. The molecule has 2 aromatic carbocycles. The maximum absolute atomic E-state index is 12.2. The molecule has 0 aliphatic carbocycles. The molecule has 0 spiro atoms. The number of benzene rings is 2. The number of Topliss-reactive ketones (excluding diaryl/α,β-unsaturated/α-hetero) is 1. The summed E-state index contributed by atoms with van der Waals surface area (Å²) in [6, 6.07) is 7.45. The van der Waals surface area contributed by atoms with Gasteiger partial charge in [-0.1, -0.05) is 0 Å². The Hall–Kier alpha value is -2.89. The molecule has 3 rings (SSSR count). The zero-order valence-corrected chi connectivity index (χ0v) is 11.7. The summed E-state index contributed by atoms with van der Waals surface area (Å²) >= 11 is 0. The molecule has 1 heterocycles. The van der Waals surface area contributed by atoms with Crippen molar-refractivity contribution in [2.45, 2.75) is 12.5 Å². The van der Waals surface area contributed by atoms with Crippen LogP contribution in [-0.4, -0.2) is 28.2 Å². The number of hydrogen-bond donors (Lipinski definition) is 3. The summed E-state index contributed by atoms with van der Waals surface area (Å²) in [6.45, 7) is 0. The van der Waals surface area contributed by atoms with E-state index < -0.39 is 23.4 Å². The number of ether oxygens (including phenoxy) is 2. The van der Waals surface area contributed by atoms with Crippen LogP contribution >= 0.6 is 0 Å². The van der Waals surface area contributed by atoms with E-state index >= 15 is 0 Å². The third kappa shape index (κ3) is 2.28. The standard InChI is InChI=1S/C16H14O6/c1-21-9-2-3-10-11(17)7-14(22-15(10)6-9)8-4-12(18)16(20)13(19)5-8/h2-6,14,18-20H,7H2,1H3/t14-/m0/s1. The molecular formula is C16H14O6. The zero-order valence-electron chi connectivity index (χ0n) is 11.7. The van der Waals surface area contributed by atoms with Crippen LogP contribution in [0.3, 0.4) is 0 Å². The molecule has 1 aliphatic heterocycles. The number of rotatable bonds is 2. The van der Waals surface area contributed by atoms with Crippen molar-refractivity contribution in [3.63, 3.8) is 0 Å². The van der Waals surface area contributed by atoms with Crippen LogP contribution in [-0.2, 0) is 0 Å². The minimum atomic E-state index is -0.662. The number of phenolic OH excluding ortho intramolecular Hbond substituents is 3. The summed E-state index contributed by atoms with van der Waals surface area (Å²) in [7, 11) is 1.51. The predicted octanol–water partition coefficient (Wildman–Crippen LogP) is 2.52. The van der Waals surface area contributed by atoms with Crippen molar-refractivity contribution in [3.05, 3.63) is 41.5 Å². The van der Waals surface area contributed by atoms with Crippen molar-refractivity contribution in [3.8, 4) is 28.7 Å². The molecule has 0 unspecified atom stereocenters. The maximum Gasteiger partial charge on any atom is 0.200 e. The lowest BCUT2D eigenvalue weighted by Crippen LogP contribution is -2.20. The van der Waals surface area contributed by atoms with Gasteiger partial charge in [0, 0.05) is 11.6 Å². The van der Waals surface area contributed by atoms with Crippen molar-refractivity contribution in [2.24, 2.45) is 0 Å². The van der Waals surface area contributed by atoms with E-state index in [-0.39, 0.29) is 12.2 Å². The zero-order chi connectivity index (χ0) is 15.9. The minimum Gasteiger partial charge on any atom is -0.504 e. The first-order chi connectivity index (χ1) is 10.5. The summed E-state index contributed by atoms with van der Waals surface area (Å²) in [5.41, 5.74) is 0.860. The van der Waals surface area contributed by atoms with Crippen molar-refractivity contribution in [1.29, 1.82) is 0 Å². The van der Waals surface area contributed by atoms with Crippen molar-refractivity contribution in [2.75, 3.05) is 7.11 Å². The second kappa shape index (κ2) is 5.14. The Labute approximate surface area is 126 Å². The summed E-state index contributed by atoms with van der Waals surface area (Å²) in [4.78, 5) is 12.2. The SMILES string of the molecule is COc1ccc2c(c1)O[C@H](c1cc(O)c(O)c(O)c1)CC2=O. The smallest absolute Gasteiger partial charge is 0.200 e. The molecule has 0 saturated heterocycles. The van der Waals surface area contributed by atoms with Gasteiger partial charge in [0.25, 0.3) is 0 Å². The Balaban J connectivity index is 1.99. The molecule has 6 nitrogen and oxygen atoms in total. The maximum atomic E-state index is 12.2. The van der Waals surface area contributed by atoms with E-state index in [2.05, 4.69) is 0 Å². The van der Waals surface area contributed by atoms with Gasteiger partial charge < -0.3 is 24.8 Å². The van der Waals surface area contributed by atoms with Crippen LogP contribution in [0.4, 0.5) is 0 Å². The number of methoxy groups -OCH3 is 1. The van der Waals surface area contributed by atoms with E-state index in [0.29, 0.717) is 22.6 Å². The van der Waals surface area contributed by atoms with Crippen LogP contribution in [0.25, 0.3) is 0 Å². The molecule has 0 aromatic heterocycles.